The Hall–Kier alpha value is -0.000909. The molecule has 0 rings (SSSR count). The Morgan fingerprint density at radius 1 is 0.341 bits per heavy atom. The molecule has 0 aromatic rings. The average molecular weight is 561 g/mol. The third-order valence-corrected chi connectivity index (χ3v) is 5.02. The first-order chi connectivity index (χ1) is 19.0. The monoisotopic (exact) mass is 564 g/mol. The summed E-state index contributed by atoms with van der Waals surface area (Å²) < 4.78 is 15.8. The van der Waals surface area contributed by atoms with Crippen LogP contribution in [0.3, 0.4) is 0 Å². The van der Waals surface area contributed by atoms with Gasteiger partial charge in [0.15, 0.2) is 6.29 Å². The second-order valence-electron chi connectivity index (χ2n) is 12.6. The molecule has 41 heavy (non-hydrogen) atoms. The SMILES string of the molecule is BC(B)N=NC(NC(F)NC(NC(NC(B)B)NC(B)B)NC(NC(B)B)NC(B)B)NC(NC(B)B)NC(B)B. The lowest BCUT2D eigenvalue weighted by Crippen LogP contribution is -2.73. The van der Waals surface area contributed by atoms with Gasteiger partial charge in [-0.15, -0.1) is 0 Å². The lowest BCUT2D eigenvalue weighted by atomic mass is 9.77. The lowest BCUT2D eigenvalue weighted by Gasteiger charge is -2.36. The van der Waals surface area contributed by atoms with Crippen LogP contribution in [0.5, 0.6) is 0 Å². The highest BCUT2D eigenvalue weighted by atomic mass is 19.1. The standard InChI is InChI=1S/C13H52B14FN13/c14-1(15)29-9(30-2(16)17)37-12(38-10(31-3(18)19)32-4(20)21)35-8(28)36-13(41-40-7(26)27)39-11(33-5(22)23)34-6(24)25/h1-13,29-39H,14-27H2. The lowest BCUT2D eigenvalue weighted by molar-refractivity contribution is 0.116. The van der Waals surface area contributed by atoms with E-state index in [1.54, 1.807) is 0 Å². The van der Waals surface area contributed by atoms with Crippen LogP contribution in [0.15, 0.2) is 10.2 Å². The van der Waals surface area contributed by atoms with Gasteiger partial charge in [0.2, 0.25) is 6.42 Å². The maximum absolute atomic E-state index is 15.8. The van der Waals surface area contributed by atoms with Crippen LogP contribution < -0.4 is 58.5 Å². The molecule has 0 aliphatic heterocycles. The van der Waals surface area contributed by atoms with Crippen molar-refractivity contribution in [3.8, 4) is 0 Å². The predicted molar refractivity (Wildman–Crippen MR) is 209 cm³/mol. The number of nitrogens with one attached hydrogen (secondary N) is 11. The van der Waals surface area contributed by atoms with Gasteiger partial charge < -0.3 is 31.9 Å². The largest absolute Gasteiger partial charge is 0.302 e. The summed E-state index contributed by atoms with van der Waals surface area (Å²) in [7, 11) is 28.6. The van der Waals surface area contributed by atoms with Crippen molar-refractivity contribution < 1.29 is 4.39 Å². The van der Waals surface area contributed by atoms with Crippen LogP contribution >= 0.6 is 0 Å². The van der Waals surface area contributed by atoms with Crippen molar-refractivity contribution in [3.63, 3.8) is 0 Å². The molecular formula is C13H52B14FN13. The Labute approximate surface area is 261 Å². The number of hydrogen-bond donors (Lipinski definition) is 11. The Morgan fingerprint density at radius 2 is 0.634 bits per heavy atom. The zero-order valence-electron chi connectivity index (χ0n) is 28.3. The van der Waals surface area contributed by atoms with E-state index in [0.29, 0.717) is 0 Å². The van der Waals surface area contributed by atoms with Gasteiger partial charge in [-0.25, -0.2) is 20.1 Å². The zero-order valence-corrected chi connectivity index (χ0v) is 28.3. The van der Waals surface area contributed by atoms with Crippen LogP contribution in [-0.2, 0) is 0 Å². The van der Waals surface area contributed by atoms with Crippen LogP contribution in [0.4, 0.5) is 4.39 Å². The smallest absolute Gasteiger partial charge is 0.210 e. The van der Waals surface area contributed by atoms with E-state index in [4.69, 9.17) is 0 Å². The molecule has 0 aliphatic rings. The predicted octanol–water partition coefficient (Wildman–Crippen LogP) is -18.6. The quantitative estimate of drug-likeness (QED) is 0.0236. The molecule has 13 nitrogen and oxygen atoms in total. The number of nitrogens with zero attached hydrogens (tertiary/aromatic N) is 2. The first-order valence-corrected chi connectivity index (χ1v) is 15.4. The molecule has 0 aromatic heterocycles. The summed E-state index contributed by atoms with van der Waals surface area (Å²) in [4.78, 5) is 0. The topological polar surface area (TPSA) is 157 Å². The molecule has 2 atom stereocenters. The first-order valence-electron chi connectivity index (χ1n) is 15.4. The molecule has 0 aromatic carbocycles. The van der Waals surface area contributed by atoms with Crippen LogP contribution in [-0.4, -0.2) is 189 Å². The molecule has 0 fully saturated rings. The van der Waals surface area contributed by atoms with Crippen molar-refractivity contribution in [2.45, 2.75) is 78.8 Å². The van der Waals surface area contributed by atoms with Crippen LogP contribution in [0.2, 0.25) is 0 Å². The highest BCUT2D eigenvalue weighted by Gasteiger charge is 2.25. The van der Waals surface area contributed by atoms with Gasteiger partial charge >= 0.3 is 0 Å². The summed E-state index contributed by atoms with van der Waals surface area (Å²) in [6.07, 6.45) is -4.03. The molecule has 2 unspecified atom stereocenters. The Bertz CT molecular complexity index is 632. The van der Waals surface area contributed by atoms with Crippen LogP contribution in [0, 0.1) is 0 Å². The fourth-order valence-electron chi connectivity index (χ4n) is 3.72. The summed E-state index contributed by atoms with van der Waals surface area (Å²) in [5.74, 6) is 1.13. The minimum atomic E-state index is -1.65. The Morgan fingerprint density at radius 3 is 0.927 bits per heavy atom. The summed E-state index contributed by atoms with van der Waals surface area (Å²) >= 11 is 0. The van der Waals surface area contributed by atoms with Crippen molar-refractivity contribution >= 4 is 110 Å². The van der Waals surface area contributed by atoms with Gasteiger partial charge in [-0.1, -0.05) is 0 Å². The molecule has 0 spiro atoms. The number of rotatable bonds is 24. The maximum Gasteiger partial charge on any atom is 0.210 e. The third-order valence-electron chi connectivity index (χ3n) is 5.02. The number of alkyl halides is 1. The summed E-state index contributed by atoms with van der Waals surface area (Å²) in [6.45, 7) is 0. The zero-order chi connectivity index (χ0) is 31.7. The van der Waals surface area contributed by atoms with Gasteiger partial charge in [0.05, 0.1) is 0 Å². The van der Waals surface area contributed by atoms with Crippen molar-refractivity contribution in [2.24, 2.45) is 10.2 Å². The highest BCUT2D eigenvalue weighted by molar-refractivity contribution is 6.37. The summed E-state index contributed by atoms with van der Waals surface area (Å²) in [5, 5.41) is 45.3. The molecule has 28 heteroatoms. The van der Waals surface area contributed by atoms with Gasteiger partial charge in [-0.05, 0) is 35.0 Å². The first kappa shape index (κ1) is 41.0. The van der Waals surface area contributed by atoms with E-state index in [1.807, 2.05) is 15.7 Å². The molecule has 0 radical (unpaired) electrons. The second kappa shape index (κ2) is 22.5. The Kier molecular flexibility index (Phi) is 22.5. The van der Waals surface area contributed by atoms with E-state index in [-0.39, 0.29) is 59.8 Å². The average Bonchev–Trinajstić information content (AvgIpc) is 2.74. The fraction of sp³-hybridized carbons (Fsp3) is 1.00. The van der Waals surface area contributed by atoms with E-state index >= 15 is 4.39 Å². The van der Waals surface area contributed by atoms with Gasteiger partial charge in [0, 0.05) is 5.84 Å². The van der Waals surface area contributed by atoms with Crippen LogP contribution in [0.25, 0.3) is 0 Å². The summed E-state index contributed by atoms with van der Waals surface area (Å²) in [6, 6.07) is 0. The Balaban J connectivity index is 5.94. The van der Waals surface area contributed by atoms with Gasteiger partial charge in [-0.2, -0.15) is 5.11 Å². The molecular weight excluding hydrogens is 509 g/mol. The van der Waals surface area contributed by atoms with Gasteiger partial charge in [0.25, 0.3) is 0 Å². The maximum atomic E-state index is 15.8. The molecule has 0 saturated carbocycles. The van der Waals surface area contributed by atoms with E-state index < -0.39 is 19.0 Å². The number of hydrogen-bond acceptors (Lipinski definition) is 13. The molecule has 218 valence electrons. The molecule has 0 amide bonds. The second-order valence-corrected chi connectivity index (χ2v) is 12.6. The van der Waals surface area contributed by atoms with Gasteiger partial charge in [-0.3, -0.25) is 16.0 Å². The van der Waals surface area contributed by atoms with Crippen molar-refractivity contribution in [1.29, 1.82) is 0 Å². The van der Waals surface area contributed by atoms with Crippen molar-refractivity contribution in [1.82, 2.24) is 58.5 Å². The molecule has 0 saturated heterocycles. The van der Waals surface area contributed by atoms with Crippen molar-refractivity contribution in [2.75, 3.05) is 0 Å². The van der Waals surface area contributed by atoms with Gasteiger partial charge in [0.1, 0.15) is 135 Å². The number of azo groups is 1. The normalized spacial score (nSPS) is 14.6. The molecule has 0 aliphatic carbocycles. The van der Waals surface area contributed by atoms with Crippen LogP contribution in [0.1, 0.15) is 0 Å². The molecule has 0 bridgehead atoms. The fourth-order valence-corrected chi connectivity index (χ4v) is 3.72. The van der Waals surface area contributed by atoms with E-state index in [1.165, 1.54) is 0 Å². The van der Waals surface area contributed by atoms with Crippen molar-refractivity contribution in [3.05, 3.63) is 0 Å². The van der Waals surface area contributed by atoms with E-state index in [0.717, 1.165) is 0 Å². The highest BCUT2D eigenvalue weighted by Crippen LogP contribution is 1.95. The van der Waals surface area contributed by atoms with E-state index in [2.05, 4.69) is 163 Å². The minimum Gasteiger partial charge on any atom is -0.302 e. The number of halogens is 1. The molecule has 11 N–H and O–H groups in total. The third kappa shape index (κ3) is 24.1. The summed E-state index contributed by atoms with van der Waals surface area (Å²) in [5.41, 5.74) is 0. The minimum absolute atomic E-state index is 0.0345. The molecule has 0 heterocycles. The van der Waals surface area contributed by atoms with E-state index in [9.17, 15) is 0 Å².